The van der Waals surface area contributed by atoms with Gasteiger partial charge in [-0.1, -0.05) is 6.07 Å². The Kier molecular flexibility index (Phi) is 5.13. The molecule has 1 fully saturated rings. The Balaban J connectivity index is 2.36. The summed E-state index contributed by atoms with van der Waals surface area (Å²) in [6.45, 7) is 3.67. The minimum atomic E-state index is -0.537. The number of aryl methyl sites for hydroxylation is 1. The van der Waals surface area contributed by atoms with Crippen molar-refractivity contribution in [3.05, 3.63) is 35.1 Å². The molecule has 2 rings (SSSR count). The Morgan fingerprint density at radius 2 is 2.00 bits per heavy atom. The molecule has 0 saturated carbocycles. The first-order valence-corrected chi connectivity index (χ1v) is 7.62. The summed E-state index contributed by atoms with van der Waals surface area (Å²) in [6.07, 6.45) is 0.472. The molecule has 1 aliphatic heterocycles. The number of benzene rings is 1. The molecule has 1 saturated heterocycles. The van der Waals surface area contributed by atoms with Crippen LogP contribution in [0.4, 0.5) is 4.39 Å². The highest BCUT2D eigenvalue weighted by molar-refractivity contribution is 6.35. The SMILES string of the molecule is CNC(=O)[C@H]1CCN(C(=O)C(C)=O)C[C@@H]1c1ccc(F)cc1C. The van der Waals surface area contributed by atoms with Gasteiger partial charge in [-0.3, -0.25) is 14.4 Å². The van der Waals surface area contributed by atoms with Gasteiger partial charge in [0.2, 0.25) is 11.7 Å². The van der Waals surface area contributed by atoms with Crippen molar-refractivity contribution in [3.8, 4) is 0 Å². The number of hydrogen-bond donors (Lipinski definition) is 1. The Hall–Kier alpha value is -2.24. The first kappa shape index (κ1) is 17.1. The van der Waals surface area contributed by atoms with Crippen molar-refractivity contribution in [2.24, 2.45) is 5.92 Å². The van der Waals surface area contributed by atoms with Crippen LogP contribution < -0.4 is 5.32 Å². The van der Waals surface area contributed by atoms with Gasteiger partial charge in [-0.15, -0.1) is 0 Å². The van der Waals surface area contributed by atoms with Gasteiger partial charge in [0.15, 0.2) is 0 Å². The lowest BCUT2D eigenvalue weighted by Crippen LogP contribution is -2.48. The number of rotatable bonds is 3. The summed E-state index contributed by atoms with van der Waals surface area (Å²) in [7, 11) is 1.57. The maximum Gasteiger partial charge on any atom is 0.289 e. The van der Waals surface area contributed by atoms with E-state index in [1.165, 1.54) is 24.0 Å². The molecule has 0 aromatic heterocycles. The van der Waals surface area contributed by atoms with Crippen molar-refractivity contribution in [2.45, 2.75) is 26.2 Å². The van der Waals surface area contributed by atoms with Gasteiger partial charge in [-0.2, -0.15) is 0 Å². The molecule has 23 heavy (non-hydrogen) atoms. The molecule has 1 aliphatic rings. The molecule has 2 amide bonds. The lowest BCUT2D eigenvalue weighted by Gasteiger charge is -2.38. The van der Waals surface area contributed by atoms with Gasteiger partial charge in [-0.05, 0) is 36.6 Å². The maximum absolute atomic E-state index is 13.4. The van der Waals surface area contributed by atoms with Crippen molar-refractivity contribution in [3.63, 3.8) is 0 Å². The van der Waals surface area contributed by atoms with Crippen molar-refractivity contribution >= 4 is 17.6 Å². The average Bonchev–Trinajstić information content (AvgIpc) is 2.52. The third kappa shape index (κ3) is 3.57. The van der Waals surface area contributed by atoms with E-state index < -0.39 is 11.7 Å². The fourth-order valence-electron chi connectivity index (χ4n) is 3.23. The van der Waals surface area contributed by atoms with Gasteiger partial charge >= 0.3 is 0 Å². The summed E-state index contributed by atoms with van der Waals surface area (Å²) in [5, 5.41) is 2.65. The highest BCUT2D eigenvalue weighted by Crippen LogP contribution is 2.34. The van der Waals surface area contributed by atoms with Crippen LogP contribution in [0.5, 0.6) is 0 Å². The quantitative estimate of drug-likeness (QED) is 0.856. The second-order valence-corrected chi connectivity index (χ2v) is 5.92. The predicted octanol–water partition coefficient (Wildman–Crippen LogP) is 1.40. The van der Waals surface area contributed by atoms with E-state index in [4.69, 9.17) is 0 Å². The molecule has 1 aromatic rings. The van der Waals surface area contributed by atoms with Crippen LogP contribution in [-0.2, 0) is 14.4 Å². The van der Waals surface area contributed by atoms with E-state index >= 15 is 0 Å². The van der Waals surface area contributed by atoms with E-state index in [0.29, 0.717) is 13.0 Å². The third-order valence-electron chi connectivity index (χ3n) is 4.42. The normalized spacial score (nSPS) is 21.0. The Labute approximate surface area is 134 Å². The number of likely N-dealkylation sites (tertiary alicyclic amines) is 1. The number of nitrogens with zero attached hydrogens (tertiary/aromatic N) is 1. The molecular weight excluding hydrogens is 299 g/mol. The number of Topliss-reactive ketones (excluding diaryl/α,β-unsaturated/α-hetero) is 1. The molecule has 1 N–H and O–H groups in total. The summed E-state index contributed by atoms with van der Waals surface area (Å²) < 4.78 is 13.4. The standard InChI is InChI=1S/C17H21FN2O3/c1-10-8-12(18)4-5-13(10)15-9-20(17(23)11(2)21)7-6-14(15)16(22)19-3/h4-5,8,14-15H,6-7,9H2,1-3H3,(H,19,22)/t14-,15+/m0/s1. The molecule has 124 valence electrons. The van der Waals surface area contributed by atoms with Gasteiger partial charge < -0.3 is 10.2 Å². The van der Waals surface area contributed by atoms with Crippen molar-refractivity contribution in [1.82, 2.24) is 10.2 Å². The van der Waals surface area contributed by atoms with Gasteiger partial charge in [0.25, 0.3) is 5.91 Å². The summed E-state index contributed by atoms with van der Waals surface area (Å²) in [4.78, 5) is 37.0. The van der Waals surface area contributed by atoms with Crippen LogP contribution >= 0.6 is 0 Å². The smallest absolute Gasteiger partial charge is 0.289 e. The number of halogens is 1. The Morgan fingerprint density at radius 3 is 2.57 bits per heavy atom. The van der Waals surface area contributed by atoms with Gasteiger partial charge in [-0.25, -0.2) is 4.39 Å². The number of carbonyl (C=O) groups excluding carboxylic acids is 3. The highest BCUT2D eigenvalue weighted by Gasteiger charge is 2.37. The van der Waals surface area contributed by atoms with Crippen LogP contribution in [0.3, 0.4) is 0 Å². The Bertz CT molecular complexity index is 645. The molecule has 6 heteroatoms. The zero-order valence-electron chi connectivity index (χ0n) is 13.6. The minimum Gasteiger partial charge on any atom is -0.359 e. The maximum atomic E-state index is 13.4. The monoisotopic (exact) mass is 320 g/mol. The lowest BCUT2D eigenvalue weighted by molar-refractivity contribution is -0.145. The largest absolute Gasteiger partial charge is 0.359 e. The van der Waals surface area contributed by atoms with E-state index in [0.717, 1.165) is 11.1 Å². The van der Waals surface area contributed by atoms with Crippen LogP contribution in [-0.4, -0.2) is 42.6 Å². The van der Waals surface area contributed by atoms with Crippen LogP contribution in [0.15, 0.2) is 18.2 Å². The second kappa shape index (κ2) is 6.89. The molecule has 0 unspecified atom stereocenters. The molecule has 0 bridgehead atoms. The van der Waals surface area contributed by atoms with Gasteiger partial charge in [0.1, 0.15) is 5.82 Å². The van der Waals surface area contributed by atoms with Crippen LogP contribution in [0.2, 0.25) is 0 Å². The summed E-state index contributed by atoms with van der Waals surface area (Å²) in [6, 6.07) is 4.43. The number of hydrogen-bond acceptors (Lipinski definition) is 3. The molecular formula is C17H21FN2O3. The zero-order valence-corrected chi connectivity index (χ0v) is 13.6. The van der Waals surface area contributed by atoms with E-state index in [-0.39, 0.29) is 30.1 Å². The minimum absolute atomic E-state index is 0.103. The van der Waals surface area contributed by atoms with Crippen LogP contribution in [0.1, 0.15) is 30.4 Å². The van der Waals surface area contributed by atoms with Crippen molar-refractivity contribution < 1.29 is 18.8 Å². The van der Waals surface area contributed by atoms with Crippen LogP contribution in [0.25, 0.3) is 0 Å². The number of ketones is 1. The number of carbonyl (C=O) groups is 3. The molecule has 0 aliphatic carbocycles. The number of piperidine rings is 1. The third-order valence-corrected chi connectivity index (χ3v) is 4.42. The summed E-state index contributed by atoms with van der Waals surface area (Å²) in [5.74, 6) is -2.06. The number of amides is 2. The molecule has 1 heterocycles. The fourth-order valence-corrected chi connectivity index (χ4v) is 3.23. The van der Waals surface area contributed by atoms with Crippen molar-refractivity contribution in [1.29, 1.82) is 0 Å². The first-order chi connectivity index (χ1) is 10.8. The molecule has 2 atom stereocenters. The predicted molar refractivity (Wildman–Crippen MR) is 83.3 cm³/mol. The average molecular weight is 320 g/mol. The van der Waals surface area contributed by atoms with Crippen molar-refractivity contribution in [2.75, 3.05) is 20.1 Å². The molecule has 5 nitrogen and oxygen atoms in total. The first-order valence-electron chi connectivity index (χ1n) is 7.62. The van der Waals surface area contributed by atoms with Gasteiger partial charge in [0.05, 0.1) is 0 Å². The second-order valence-electron chi connectivity index (χ2n) is 5.92. The summed E-state index contributed by atoms with van der Waals surface area (Å²) in [5.41, 5.74) is 1.57. The van der Waals surface area contributed by atoms with Gasteiger partial charge in [0, 0.05) is 38.9 Å². The number of nitrogens with one attached hydrogen (secondary N) is 1. The van der Waals surface area contributed by atoms with E-state index in [9.17, 15) is 18.8 Å². The topological polar surface area (TPSA) is 66.5 Å². The summed E-state index contributed by atoms with van der Waals surface area (Å²) >= 11 is 0. The zero-order chi connectivity index (χ0) is 17.1. The fraction of sp³-hybridized carbons (Fsp3) is 0.471. The molecule has 0 spiro atoms. The van der Waals surface area contributed by atoms with Crippen LogP contribution in [0, 0.1) is 18.7 Å². The molecule has 1 aromatic carbocycles. The van der Waals surface area contributed by atoms with E-state index in [1.54, 1.807) is 20.0 Å². The Morgan fingerprint density at radius 1 is 1.30 bits per heavy atom. The van der Waals surface area contributed by atoms with E-state index in [2.05, 4.69) is 5.32 Å². The highest BCUT2D eigenvalue weighted by atomic mass is 19.1. The lowest BCUT2D eigenvalue weighted by atomic mass is 9.78. The van der Waals surface area contributed by atoms with E-state index in [1.807, 2.05) is 0 Å². The molecule has 0 radical (unpaired) electrons.